The van der Waals surface area contributed by atoms with Crippen molar-refractivity contribution in [2.45, 2.75) is 58.4 Å². The van der Waals surface area contributed by atoms with Crippen LogP contribution in [0.4, 0.5) is 0 Å². The Morgan fingerprint density at radius 2 is 2.07 bits per heavy atom. The van der Waals surface area contributed by atoms with Gasteiger partial charge >= 0.3 is 0 Å². The molecule has 0 aromatic rings. The van der Waals surface area contributed by atoms with Gasteiger partial charge in [-0.15, -0.1) is 0 Å². The Balaban J connectivity index is 2.45. The van der Waals surface area contributed by atoms with E-state index in [-0.39, 0.29) is 25.1 Å². The van der Waals surface area contributed by atoms with Gasteiger partial charge in [0.1, 0.15) is 6.10 Å². The molecule has 4 heteroatoms. The lowest BCUT2D eigenvalue weighted by Gasteiger charge is -2.21. The third-order valence-electron chi connectivity index (χ3n) is 2.24. The van der Waals surface area contributed by atoms with Gasteiger partial charge in [0, 0.05) is 0 Å². The number of rotatable bonds is 4. The van der Waals surface area contributed by atoms with Gasteiger partial charge in [-0.2, -0.15) is 0 Å². The van der Waals surface area contributed by atoms with Crippen molar-refractivity contribution >= 4 is 0 Å². The topological polar surface area (TPSA) is 47.9 Å². The first-order valence-electron chi connectivity index (χ1n) is 5.10. The van der Waals surface area contributed by atoms with E-state index in [1.807, 2.05) is 27.7 Å². The molecule has 84 valence electrons. The van der Waals surface area contributed by atoms with Crippen LogP contribution >= 0.6 is 0 Å². The Hall–Kier alpha value is -0.160. The molecule has 0 amide bonds. The Morgan fingerprint density at radius 3 is 2.43 bits per heavy atom. The largest absolute Gasteiger partial charge is 0.394 e. The molecule has 0 unspecified atom stereocenters. The molecule has 0 aliphatic carbocycles. The molecule has 1 N–H and O–H groups in total. The molecule has 1 saturated heterocycles. The molecule has 4 nitrogen and oxygen atoms in total. The predicted octanol–water partition coefficient (Wildman–Crippen LogP) is 1.27. The van der Waals surface area contributed by atoms with E-state index < -0.39 is 5.79 Å². The average Bonchev–Trinajstić information content (AvgIpc) is 2.35. The molecule has 0 bridgehead atoms. The summed E-state index contributed by atoms with van der Waals surface area (Å²) >= 11 is 0. The van der Waals surface area contributed by atoms with Crippen molar-refractivity contribution < 1.29 is 19.3 Å². The maximum Gasteiger partial charge on any atom is 0.187 e. The first kappa shape index (κ1) is 11.9. The zero-order valence-corrected chi connectivity index (χ0v) is 9.32. The highest BCUT2D eigenvalue weighted by atomic mass is 16.8. The SMILES string of the molecule is CC[C@@H](CO)O[C@@H]1OC(C)(C)O[C@@H]1C. The smallest absolute Gasteiger partial charge is 0.187 e. The van der Waals surface area contributed by atoms with Crippen LogP contribution in [0.5, 0.6) is 0 Å². The van der Waals surface area contributed by atoms with Crippen molar-refractivity contribution in [1.29, 1.82) is 0 Å². The van der Waals surface area contributed by atoms with E-state index in [2.05, 4.69) is 0 Å². The fourth-order valence-corrected chi connectivity index (χ4v) is 1.50. The summed E-state index contributed by atoms with van der Waals surface area (Å²) in [7, 11) is 0. The minimum atomic E-state index is -0.585. The summed E-state index contributed by atoms with van der Waals surface area (Å²) in [4.78, 5) is 0. The van der Waals surface area contributed by atoms with Crippen LogP contribution in [0, 0.1) is 0 Å². The van der Waals surface area contributed by atoms with Crippen LogP contribution in [0.25, 0.3) is 0 Å². The first-order chi connectivity index (χ1) is 6.48. The van der Waals surface area contributed by atoms with E-state index in [4.69, 9.17) is 19.3 Å². The van der Waals surface area contributed by atoms with Crippen molar-refractivity contribution in [3.05, 3.63) is 0 Å². The number of aliphatic hydroxyl groups is 1. The second-order valence-electron chi connectivity index (χ2n) is 4.06. The van der Waals surface area contributed by atoms with Crippen molar-refractivity contribution in [2.24, 2.45) is 0 Å². The average molecular weight is 204 g/mol. The van der Waals surface area contributed by atoms with Crippen LogP contribution in [0.2, 0.25) is 0 Å². The van der Waals surface area contributed by atoms with Crippen molar-refractivity contribution in [1.82, 2.24) is 0 Å². The van der Waals surface area contributed by atoms with Gasteiger partial charge in [-0.05, 0) is 27.2 Å². The van der Waals surface area contributed by atoms with Crippen molar-refractivity contribution in [2.75, 3.05) is 6.61 Å². The lowest BCUT2D eigenvalue weighted by atomic mass is 10.3. The quantitative estimate of drug-likeness (QED) is 0.749. The summed E-state index contributed by atoms with van der Waals surface area (Å²) in [5, 5.41) is 8.98. The molecule has 1 heterocycles. The van der Waals surface area contributed by atoms with Crippen molar-refractivity contribution in [3.8, 4) is 0 Å². The highest BCUT2D eigenvalue weighted by Gasteiger charge is 2.40. The molecule has 1 fully saturated rings. The summed E-state index contributed by atoms with van der Waals surface area (Å²) in [5.74, 6) is -0.585. The zero-order valence-electron chi connectivity index (χ0n) is 9.32. The Labute approximate surface area is 85.2 Å². The van der Waals surface area contributed by atoms with Gasteiger partial charge in [0.25, 0.3) is 0 Å². The monoisotopic (exact) mass is 204 g/mol. The van der Waals surface area contributed by atoms with Crippen LogP contribution in [-0.4, -0.2) is 36.0 Å². The van der Waals surface area contributed by atoms with Crippen LogP contribution < -0.4 is 0 Å². The standard InChI is InChI=1S/C10H20O4/c1-5-8(6-11)12-9-7(2)13-10(3,4)14-9/h7-9,11H,5-6H2,1-4H3/t7-,8+,9-/m1/s1. The van der Waals surface area contributed by atoms with E-state index in [0.29, 0.717) is 0 Å². The molecule has 3 atom stereocenters. The summed E-state index contributed by atoms with van der Waals surface area (Å²) in [6, 6.07) is 0. The lowest BCUT2D eigenvalue weighted by Crippen LogP contribution is -2.30. The van der Waals surface area contributed by atoms with Gasteiger partial charge in [-0.1, -0.05) is 6.92 Å². The maximum absolute atomic E-state index is 8.98. The maximum atomic E-state index is 8.98. The second kappa shape index (κ2) is 4.57. The minimum absolute atomic E-state index is 0.0174. The Morgan fingerprint density at radius 1 is 1.43 bits per heavy atom. The fraction of sp³-hybridized carbons (Fsp3) is 1.00. The number of aliphatic hydroxyl groups excluding tert-OH is 1. The van der Waals surface area contributed by atoms with Crippen LogP contribution in [0.3, 0.4) is 0 Å². The van der Waals surface area contributed by atoms with Gasteiger partial charge in [0.15, 0.2) is 12.1 Å². The number of hydrogen-bond acceptors (Lipinski definition) is 4. The highest BCUT2D eigenvalue weighted by Crippen LogP contribution is 2.29. The predicted molar refractivity (Wildman–Crippen MR) is 51.7 cm³/mol. The van der Waals surface area contributed by atoms with Gasteiger partial charge < -0.3 is 19.3 Å². The van der Waals surface area contributed by atoms with Crippen LogP contribution in [0.15, 0.2) is 0 Å². The van der Waals surface area contributed by atoms with E-state index in [1.165, 1.54) is 0 Å². The van der Waals surface area contributed by atoms with Gasteiger partial charge in [0.05, 0.1) is 12.7 Å². The Kier molecular flexibility index (Phi) is 3.89. The van der Waals surface area contributed by atoms with Crippen molar-refractivity contribution in [3.63, 3.8) is 0 Å². The summed E-state index contributed by atoms with van der Waals surface area (Å²) < 4.78 is 16.6. The summed E-state index contributed by atoms with van der Waals surface area (Å²) in [6.45, 7) is 7.60. The lowest BCUT2D eigenvalue weighted by molar-refractivity contribution is -0.208. The van der Waals surface area contributed by atoms with Crippen LogP contribution in [0.1, 0.15) is 34.1 Å². The highest BCUT2D eigenvalue weighted by molar-refractivity contribution is 4.73. The molecule has 1 aliphatic heterocycles. The van der Waals surface area contributed by atoms with E-state index in [1.54, 1.807) is 0 Å². The van der Waals surface area contributed by atoms with Gasteiger partial charge in [0.2, 0.25) is 0 Å². The first-order valence-corrected chi connectivity index (χ1v) is 5.10. The molecule has 14 heavy (non-hydrogen) atoms. The van der Waals surface area contributed by atoms with Crippen LogP contribution in [-0.2, 0) is 14.2 Å². The Bertz CT molecular complexity index is 177. The number of hydrogen-bond donors (Lipinski definition) is 1. The molecule has 0 spiro atoms. The molecular formula is C10H20O4. The molecular weight excluding hydrogens is 184 g/mol. The molecule has 1 rings (SSSR count). The van der Waals surface area contributed by atoms with E-state index in [0.717, 1.165) is 6.42 Å². The van der Waals surface area contributed by atoms with Gasteiger partial charge in [-0.3, -0.25) is 0 Å². The molecule has 0 aromatic heterocycles. The summed E-state index contributed by atoms with van der Waals surface area (Å²) in [5.41, 5.74) is 0. The zero-order chi connectivity index (χ0) is 10.8. The molecule has 1 aliphatic rings. The molecule has 0 aromatic carbocycles. The molecule has 0 saturated carbocycles. The normalized spacial score (nSPS) is 33.2. The summed E-state index contributed by atoms with van der Waals surface area (Å²) in [6.07, 6.45) is 0.136. The van der Waals surface area contributed by atoms with Gasteiger partial charge in [-0.25, -0.2) is 0 Å². The second-order valence-corrected chi connectivity index (χ2v) is 4.06. The fourth-order valence-electron chi connectivity index (χ4n) is 1.50. The van der Waals surface area contributed by atoms with E-state index >= 15 is 0 Å². The van der Waals surface area contributed by atoms with E-state index in [9.17, 15) is 0 Å². The number of ether oxygens (including phenoxy) is 3. The third kappa shape index (κ3) is 2.92. The minimum Gasteiger partial charge on any atom is -0.394 e. The third-order valence-corrected chi connectivity index (χ3v) is 2.24. The molecule has 0 radical (unpaired) electrons.